The first-order valence-corrected chi connectivity index (χ1v) is 8.43. The van der Waals surface area contributed by atoms with Gasteiger partial charge in [0.15, 0.2) is 0 Å². The Bertz CT molecular complexity index is 652. The summed E-state index contributed by atoms with van der Waals surface area (Å²) in [6.07, 6.45) is 4.16. The summed E-state index contributed by atoms with van der Waals surface area (Å²) in [5.41, 5.74) is 7.08. The van der Waals surface area contributed by atoms with Crippen LogP contribution in [0.25, 0.3) is 10.9 Å². The molecule has 2 atom stereocenters. The Balaban J connectivity index is 1.66. The Kier molecular flexibility index (Phi) is 4.22. The molecule has 1 fully saturated rings. The molecule has 0 spiro atoms. The zero-order valence-electron chi connectivity index (χ0n) is 12.2. The van der Waals surface area contributed by atoms with E-state index >= 15 is 0 Å². The predicted molar refractivity (Wildman–Crippen MR) is 87.5 cm³/mol. The molecule has 1 aliphatic rings. The number of nitrogens with two attached hydrogens (primary N) is 1. The third kappa shape index (κ3) is 2.94. The second-order valence-electron chi connectivity index (χ2n) is 5.50. The number of nitrogens with zero attached hydrogens (tertiary/aromatic N) is 1. The van der Waals surface area contributed by atoms with Crippen LogP contribution in [-0.4, -0.2) is 28.3 Å². The molecular formula is C16H21N3OS. The van der Waals surface area contributed by atoms with Crippen LogP contribution in [0.5, 0.6) is 0 Å². The lowest BCUT2D eigenvalue weighted by Crippen LogP contribution is -2.55. The van der Waals surface area contributed by atoms with Crippen LogP contribution in [0.3, 0.4) is 0 Å². The van der Waals surface area contributed by atoms with Gasteiger partial charge in [-0.3, -0.25) is 4.79 Å². The van der Waals surface area contributed by atoms with Gasteiger partial charge in [-0.15, -0.1) is 11.8 Å². The molecule has 0 radical (unpaired) electrons. The molecule has 1 heterocycles. The molecule has 112 valence electrons. The van der Waals surface area contributed by atoms with E-state index < -0.39 is 0 Å². The third-order valence-electron chi connectivity index (χ3n) is 4.13. The molecule has 0 saturated heterocycles. The number of rotatable bonds is 5. The van der Waals surface area contributed by atoms with Crippen LogP contribution in [0.4, 0.5) is 0 Å². The summed E-state index contributed by atoms with van der Waals surface area (Å²) in [6, 6.07) is 8.64. The van der Waals surface area contributed by atoms with Crippen LogP contribution >= 0.6 is 11.8 Å². The quantitative estimate of drug-likeness (QED) is 0.834. The fourth-order valence-electron chi connectivity index (χ4n) is 2.69. The van der Waals surface area contributed by atoms with Crippen LogP contribution in [-0.2, 0) is 11.3 Å². The number of thioether (sulfide) groups is 1. The summed E-state index contributed by atoms with van der Waals surface area (Å²) in [6.45, 7) is 3.07. The van der Waals surface area contributed by atoms with E-state index in [0.29, 0.717) is 5.75 Å². The van der Waals surface area contributed by atoms with Crippen molar-refractivity contribution < 1.29 is 4.79 Å². The maximum absolute atomic E-state index is 12.0. The summed E-state index contributed by atoms with van der Waals surface area (Å²) >= 11 is 1.60. The number of carbonyl (C=O) groups excluding carboxylic acids is 1. The Morgan fingerprint density at radius 1 is 1.43 bits per heavy atom. The minimum atomic E-state index is 0.0773. The van der Waals surface area contributed by atoms with Gasteiger partial charge >= 0.3 is 0 Å². The van der Waals surface area contributed by atoms with Crippen molar-refractivity contribution in [1.82, 2.24) is 9.88 Å². The molecule has 21 heavy (non-hydrogen) atoms. The van der Waals surface area contributed by atoms with E-state index in [2.05, 4.69) is 35.1 Å². The highest BCUT2D eigenvalue weighted by Gasteiger charge is 2.28. The monoisotopic (exact) mass is 303 g/mol. The van der Waals surface area contributed by atoms with Gasteiger partial charge in [-0.2, -0.15) is 0 Å². The molecule has 2 aromatic rings. The largest absolute Gasteiger partial charge is 0.351 e. The van der Waals surface area contributed by atoms with E-state index in [1.54, 1.807) is 11.8 Å². The van der Waals surface area contributed by atoms with E-state index in [1.165, 1.54) is 15.8 Å². The van der Waals surface area contributed by atoms with Crippen LogP contribution < -0.4 is 11.1 Å². The molecule has 5 heteroatoms. The second-order valence-corrected chi connectivity index (χ2v) is 6.52. The van der Waals surface area contributed by atoms with Gasteiger partial charge in [0.25, 0.3) is 0 Å². The van der Waals surface area contributed by atoms with E-state index in [9.17, 15) is 4.79 Å². The van der Waals surface area contributed by atoms with Gasteiger partial charge in [0.2, 0.25) is 5.91 Å². The second kappa shape index (κ2) is 6.12. The smallest absolute Gasteiger partial charge is 0.230 e. The first-order chi connectivity index (χ1) is 10.2. The van der Waals surface area contributed by atoms with E-state index in [0.717, 1.165) is 19.4 Å². The molecule has 0 aliphatic heterocycles. The number of fused-ring (bicyclic) bond motifs is 1. The Morgan fingerprint density at radius 3 is 2.90 bits per heavy atom. The first kappa shape index (κ1) is 14.5. The summed E-state index contributed by atoms with van der Waals surface area (Å²) in [5.74, 6) is 0.523. The SMILES string of the molecule is CCn1cc(SCC(=O)N[C@@H]2CC[C@@H]2N)c2ccccc21. The van der Waals surface area contributed by atoms with Crippen molar-refractivity contribution in [2.75, 3.05) is 5.75 Å². The Labute approximate surface area is 129 Å². The number of aromatic nitrogens is 1. The van der Waals surface area contributed by atoms with Gasteiger partial charge in [-0.1, -0.05) is 18.2 Å². The zero-order chi connectivity index (χ0) is 14.8. The van der Waals surface area contributed by atoms with Crippen molar-refractivity contribution in [3.05, 3.63) is 30.5 Å². The van der Waals surface area contributed by atoms with Gasteiger partial charge in [-0.05, 0) is 25.8 Å². The highest BCUT2D eigenvalue weighted by Crippen LogP contribution is 2.30. The molecule has 1 amide bonds. The molecule has 0 unspecified atom stereocenters. The number of para-hydroxylation sites is 1. The van der Waals surface area contributed by atoms with Gasteiger partial charge in [0.05, 0.1) is 5.75 Å². The third-order valence-corrected chi connectivity index (χ3v) is 5.17. The van der Waals surface area contributed by atoms with Crippen molar-refractivity contribution in [2.24, 2.45) is 5.73 Å². The number of carbonyl (C=O) groups is 1. The van der Waals surface area contributed by atoms with Crippen molar-refractivity contribution in [3.63, 3.8) is 0 Å². The Morgan fingerprint density at radius 2 is 2.24 bits per heavy atom. The van der Waals surface area contributed by atoms with Gasteiger partial charge in [0.1, 0.15) is 0 Å². The van der Waals surface area contributed by atoms with Gasteiger partial charge in [0, 0.05) is 40.6 Å². The van der Waals surface area contributed by atoms with Crippen molar-refractivity contribution in [1.29, 1.82) is 0 Å². The first-order valence-electron chi connectivity index (χ1n) is 7.44. The predicted octanol–water partition coefficient (Wildman–Crippen LogP) is 2.36. The molecule has 3 rings (SSSR count). The average Bonchev–Trinajstić information content (AvgIpc) is 2.87. The maximum atomic E-state index is 12.0. The molecule has 1 aliphatic carbocycles. The van der Waals surface area contributed by atoms with Crippen LogP contribution in [0.2, 0.25) is 0 Å². The highest BCUT2D eigenvalue weighted by molar-refractivity contribution is 8.00. The van der Waals surface area contributed by atoms with Gasteiger partial charge in [-0.25, -0.2) is 0 Å². The minimum absolute atomic E-state index is 0.0773. The number of hydrogen-bond donors (Lipinski definition) is 2. The van der Waals surface area contributed by atoms with Crippen LogP contribution in [0.15, 0.2) is 35.4 Å². The van der Waals surface area contributed by atoms with E-state index in [1.807, 2.05) is 12.1 Å². The molecule has 1 aromatic carbocycles. The van der Waals surface area contributed by atoms with E-state index in [4.69, 9.17) is 5.73 Å². The number of aryl methyl sites for hydroxylation is 1. The van der Waals surface area contributed by atoms with Crippen molar-refractivity contribution in [3.8, 4) is 0 Å². The summed E-state index contributed by atoms with van der Waals surface area (Å²) in [5, 5.41) is 4.23. The van der Waals surface area contributed by atoms with Crippen LogP contribution in [0, 0.1) is 0 Å². The summed E-state index contributed by atoms with van der Waals surface area (Å²) < 4.78 is 2.22. The average molecular weight is 303 g/mol. The van der Waals surface area contributed by atoms with Gasteiger partial charge < -0.3 is 15.6 Å². The fraction of sp³-hybridized carbons (Fsp3) is 0.438. The molecule has 3 N–H and O–H groups in total. The lowest BCUT2D eigenvalue weighted by atomic mass is 9.87. The van der Waals surface area contributed by atoms with Crippen molar-refractivity contribution >= 4 is 28.6 Å². The van der Waals surface area contributed by atoms with Crippen LogP contribution in [0.1, 0.15) is 19.8 Å². The molecular weight excluding hydrogens is 282 g/mol. The fourth-order valence-corrected chi connectivity index (χ4v) is 3.59. The molecule has 4 nitrogen and oxygen atoms in total. The molecule has 1 saturated carbocycles. The number of hydrogen-bond acceptors (Lipinski definition) is 3. The standard InChI is InChI=1S/C16H21N3OS/c1-2-19-9-15(11-5-3-4-6-14(11)19)21-10-16(20)18-13-8-7-12(13)17/h3-6,9,12-13H,2,7-8,10,17H2,1H3,(H,18,20)/t12-,13+/m0/s1. The Hall–Kier alpha value is -1.46. The molecule has 1 aromatic heterocycles. The topological polar surface area (TPSA) is 60.0 Å². The summed E-state index contributed by atoms with van der Waals surface area (Å²) in [4.78, 5) is 13.2. The van der Waals surface area contributed by atoms with Crippen molar-refractivity contribution in [2.45, 2.75) is 43.3 Å². The number of nitrogens with one attached hydrogen (secondary N) is 1. The van der Waals surface area contributed by atoms with E-state index in [-0.39, 0.29) is 18.0 Å². The number of amides is 1. The minimum Gasteiger partial charge on any atom is -0.351 e. The highest BCUT2D eigenvalue weighted by atomic mass is 32.2. The maximum Gasteiger partial charge on any atom is 0.230 e. The lowest BCUT2D eigenvalue weighted by molar-refractivity contribution is -0.119. The zero-order valence-corrected chi connectivity index (χ0v) is 13.0. The lowest BCUT2D eigenvalue weighted by Gasteiger charge is -2.34. The summed E-state index contributed by atoms with van der Waals surface area (Å²) in [7, 11) is 0. The number of benzene rings is 1. The normalized spacial score (nSPS) is 21.2. The molecule has 0 bridgehead atoms.